The molecule has 4 rings (SSSR count). The van der Waals surface area contributed by atoms with Gasteiger partial charge in [-0.3, -0.25) is 4.79 Å². The summed E-state index contributed by atoms with van der Waals surface area (Å²) >= 11 is 0. The highest BCUT2D eigenvalue weighted by Crippen LogP contribution is 2.45. The SMILES string of the molecule is O=c1cc2oc(-c3cc(O)c(O)c(O)c3)c(O[C@@H]3O[C@H](CO)[C@@H](O)[C@H](O)[C@H]3O)cc-2c(O)c1. The zero-order valence-corrected chi connectivity index (χ0v) is 16.7. The van der Waals surface area contributed by atoms with E-state index in [4.69, 9.17) is 13.9 Å². The van der Waals surface area contributed by atoms with Crippen LogP contribution in [0.4, 0.5) is 0 Å². The van der Waals surface area contributed by atoms with Crippen molar-refractivity contribution in [3.8, 4) is 51.4 Å². The quantitative estimate of drug-likeness (QED) is 0.228. The molecule has 1 fully saturated rings. The molecule has 0 saturated carbocycles. The van der Waals surface area contributed by atoms with Crippen LogP contribution in [0.15, 0.2) is 39.5 Å². The Hall–Kier alpha value is -3.55. The van der Waals surface area contributed by atoms with Gasteiger partial charge < -0.3 is 54.7 Å². The van der Waals surface area contributed by atoms with Crippen molar-refractivity contribution in [1.29, 1.82) is 0 Å². The smallest absolute Gasteiger partial charge is 0.229 e. The zero-order chi connectivity index (χ0) is 24.0. The van der Waals surface area contributed by atoms with Gasteiger partial charge in [0.1, 0.15) is 35.9 Å². The summed E-state index contributed by atoms with van der Waals surface area (Å²) in [4.78, 5) is 11.8. The molecule has 5 atom stereocenters. The second kappa shape index (κ2) is 8.42. The third-order valence-electron chi connectivity index (χ3n) is 5.23. The van der Waals surface area contributed by atoms with Crippen LogP contribution >= 0.6 is 0 Å². The topological polar surface area (TPSA) is 211 Å². The first-order chi connectivity index (χ1) is 15.6. The van der Waals surface area contributed by atoms with E-state index >= 15 is 0 Å². The van der Waals surface area contributed by atoms with E-state index in [0.717, 1.165) is 24.3 Å². The summed E-state index contributed by atoms with van der Waals surface area (Å²) in [5.74, 6) is -3.24. The molecule has 12 heteroatoms. The van der Waals surface area contributed by atoms with E-state index in [-0.39, 0.29) is 28.4 Å². The lowest BCUT2D eigenvalue weighted by molar-refractivity contribution is -0.277. The number of phenolic OH excluding ortho intramolecular Hbond substituents is 4. The largest absolute Gasteiger partial charge is 0.507 e. The molecule has 33 heavy (non-hydrogen) atoms. The Labute approximate surface area is 184 Å². The Bertz CT molecular complexity index is 1180. The zero-order valence-electron chi connectivity index (χ0n) is 16.7. The number of benzene rings is 2. The summed E-state index contributed by atoms with van der Waals surface area (Å²) in [5, 5.41) is 79.2. The predicted molar refractivity (Wildman–Crippen MR) is 108 cm³/mol. The van der Waals surface area contributed by atoms with Crippen molar-refractivity contribution in [2.75, 3.05) is 6.61 Å². The van der Waals surface area contributed by atoms with Crippen molar-refractivity contribution in [2.24, 2.45) is 0 Å². The van der Waals surface area contributed by atoms with Gasteiger partial charge in [-0.25, -0.2) is 0 Å². The van der Waals surface area contributed by atoms with Gasteiger partial charge in [-0.2, -0.15) is 0 Å². The van der Waals surface area contributed by atoms with Crippen LogP contribution in [0.2, 0.25) is 0 Å². The third-order valence-corrected chi connectivity index (χ3v) is 5.23. The number of aromatic hydroxyl groups is 4. The fraction of sp³-hybridized carbons (Fsp3) is 0.286. The van der Waals surface area contributed by atoms with Gasteiger partial charge in [-0.15, -0.1) is 0 Å². The van der Waals surface area contributed by atoms with Gasteiger partial charge in [0, 0.05) is 17.7 Å². The van der Waals surface area contributed by atoms with E-state index in [2.05, 4.69) is 0 Å². The van der Waals surface area contributed by atoms with Crippen molar-refractivity contribution >= 4 is 0 Å². The van der Waals surface area contributed by atoms with Gasteiger partial charge in [-0.05, 0) is 18.2 Å². The molecule has 0 amide bonds. The average molecular weight is 464 g/mol. The number of fused-ring (bicyclic) bond motifs is 1. The van der Waals surface area contributed by atoms with Crippen LogP contribution in [-0.4, -0.2) is 78.2 Å². The lowest BCUT2D eigenvalue weighted by atomic mass is 9.99. The van der Waals surface area contributed by atoms with Gasteiger partial charge in [0.15, 0.2) is 34.2 Å². The second-order valence-corrected chi connectivity index (χ2v) is 7.47. The molecule has 0 radical (unpaired) electrons. The number of aliphatic hydroxyl groups is 4. The molecule has 1 aliphatic carbocycles. The third kappa shape index (κ3) is 4.01. The molecule has 2 heterocycles. The molecular weight excluding hydrogens is 444 g/mol. The van der Waals surface area contributed by atoms with Gasteiger partial charge >= 0.3 is 0 Å². The van der Waals surface area contributed by atoms with E-state index in [1.807, 2.05) is 0 Å². The first kappa shape index (κ1) is 22.6. The van der Waals surface area contributed by atoms with Crippen LogP contribution in [0.3, 0.4) is 0 Å². The molecular formula is C21H20O12. The lowest BCUT2D eigenvalue weighted by Crippen LogP contribution is -2.60. The molecule has 12 nitrogen and oxygen atoms in total. The minimum absolute atomic E-state index is 0.0187. The Morgan fingerprint density at radius 2 is 1.52 bits per heavy atom. The molecule has 1 saturated heterocycles. The molecule has 0 unspecified atom stereocenters. The summed E-state index contributed by atoms with van der Waals surface area (Å²) in [6.07, 6.45) is -8.04. The number of ether oxygens (including phenoxy) is 2. The Morgan fingerprint density at radius 1 is 0.848 bits per heavy atom. The maximum absolute atomic E-state index is 11.8. The molecule has 176 valence electrons. The summed E-state index contributed by atoms with van der Waals surface area (Å²) in [5.41, 5.74) is -0.598. The average Bonchev–Trinajstić information content (AvgIpc) is 2.77. The Morgan fingerprint density at radius 3 is 2.15 bits per heavy atom. The first-order valence-electron chi connectivity index (χ1n) is 9.64. The summed E-state index contributed by atoms with van der Waals surface area (Å²) in [6, 6.07) is 5.23. The van der Waals surface area contributed by atoms with Crippen LogP contribution in [0.1, 0.15) is 0 Å². The van der Waals surface area contributed by atoms with E-state index in [1.54, 1.807) is 0 Å². The predicted octanol–water partition coefficient (Wildman–Crippen LogP) is -0.587. The molecule has 0 aromatic heterocycles. The van der Waals surface area contributed by atoms with E-state index in [1.165, 1.54) is 6.07 Å². The highest BCUT2D eigenvalue weighted by molar-refractivity contribution is 5.77. The Balaban J connectivity index is 1.87. The van der Waals surface area contributed by atoms with Crippen molar-refractivity contribution < 1.29 is 54.7 Å². The number of hydrogen-bond acceptors (Lipinski definition) is 12. The molecule has 1 aromatic carbocycles. The molecule has 8 N–H and O–H groups in total. The van der Waals surface area contributed by atoms with E-state index in [0.29, 0.717) is 0 Å². The van der Waals surface area contributed by atoms with Crippen LogP contribution in [0.25, 0.3) is 22.6 Å². The molecule has 1 aromatic rings. The minimum Gasteiger partial charge on any atom is -0.507 e. The lowest BCUT2D eigenvalue weighted by Gasteiger charge is -2.39. The van der Waals surface area contributed by atoms with Gasteiger partial charge in [0.2, 0.25) is 6.29 Å². The van der Waals surface area contributed by atoms with Gasteiger partial charge in [0.25, 0.3) is 0 Å². The fourth-order valence-corrected chi connectivity index (χ4v) is 3.49. The highest BCUT2D eigenvalue weighted by atomic mass is 16.7. The number of phenols is 4. The Kier molecular flexibility index (Phi) is 5.78. The van der Waals surface area contributed by atoms with Gasteiger partial charge in [-0.1, -0.05) is 0 Å². The summed E-state index contributed by atoms with van der Waals surface area (Å²) in [6.45, 7) is -0.702. The van der Waals surface area contributed by atoms with Crippen molar-refractivity contribution in [3.05, 3.63) is 40.6 Å². The van der Waals surface area contributed by atoms with E-state index in [9.17, 15) is 45.6 Å². The number of aliphatic hydroxyl groups excluding tert-OH is 4. The molecule has 3 aliphatic rings. The van der Waals surface area contributed by atoms with Gasteiger partial charge in [0.05, 0.1) is 12.2 Å². The second-order valence-electron chi connectivity index (χ2n) is 7.47. The van der Waals surface area contributed by atoms with Crippen LogP contribution in [0, 0.1) is 0 Å². The van der Waals surface area contributed by atoms with E-state index < -0.39 is 65.7 Å². The summed E-state index contributed by atoms with van der Waals surface area (Å²) in [7, 11) is 0. The van der Waals surface area contributed by atoms with Crippen molar-refractivity contribution in [1.82, 2.24) is 0 Å². The van der Waals surface area contributed by atoms with Crippen molar-refractivity contribution in [3.63, 3.8) is 0 Å². The maximum atomic E-state index is 11.8. The minimum atomic E-state index is -1.77. The number of rotatable bonds is 4. The first-order valence-corrected chi connectivity index (χ1v) is 9.64. The van der Waals surface area contributed by atoms with Crippen molar-refractivity contribution in [2.45, 2.75) is 30.7 Å². The van der Waals surface area contributed by atoms with Crippen LogP contribution < -0.4 is 10.2 Å². The molecule has 0 bridgehead atoms. The molecule has 0 spiro atoms. The highest BCUT2D eigenvalue weighted by Gasteiger charge is 2.45. The molecule has 2 aliphatic heterocycles. The number of hydrogen-bond donors (Lipinski definition) is 8. The normalized spacial score (nSPS) is 25.3. The van der Waals surface area contributed by atoms with Crippen LogP contribution in [-0.2, 0) is 4.74 Å². The van der Waals surface area contributed by atoms with Crippen LogP contribution in [0.5, 0.6) is 28.7 Å². The summed E-state index contributed by atoms with van der Waals surface area (Å²) < 4.78 is 16.7. The maximum Gasteiger partial charge on any atom is 0.229 e. The monoisotopic (exact) mass is 464 g/mol. The standard InChI is InChI=1S/C21H20O12/c22-6-15-17(28)18(29)19(30)21(33-15)32-14-5-9-10(24)3-8(23)4-13(9)31-20(14)7-1-11(25)16(27)12(26)2-7/h1-5,15,17-19,21-22,24-30H,6H2/t15-,17-,18+,19-,21-/m1/s1. The fourth-order valence-electron chi connectivity index (χ4n) is 3.49.